The highest BCUT2D eigenvalue weighted by molar-refractivity contribution is 5.83. The number of rotatable bonds is 8. The number of carbonyl (C=O) groups excluding carboxylic acids is 1. The van der Waals surface area contributed by atoms with E-state index in [0.29, 0.717) is 54.3 Å². The van der Waals surface area contributed by atoms with Crippen LogP contribution in [0.4, 0.5) is 10.1 Å². The average Bonchev–Trinajstić information content (AvgIpc) is 3.13. The van der Waals surface area contributed by atoms with Gasteiger partial charge in [0.2, 0.25) is 17.1 Å². The van der Waals surface area contributed by atoms with Gasteiger partial charge in [0.1, 0.15) is 5.82 Å². The molecule has 4 rings (SSSR count). The van der Waals surface area contributed by atoms with Crippen LogP contribution in [0.15, 0.2) is 53.3 Å². The fraction of sp³-hybridized carbons (Fsp3) is 0.310. The number of nitrogens with one attached hydrogen (secondary N) is 2. The molecule has 2 N–H and O–H groups in total. The maximum Gasteiger partial charge on any atom is 0.217 e. The maximum absolute atomic E-state index is 13.3. The summed E-state index contributed by atoms with van der Waals surface area (Å²) in [5, 5.41) is 6.22. The predicted molar refractivity (Wildman–Crippen MR) is 141 cm³/mol. The van der Waals surface area contributed by atoms with Crippen molar-refractivity contribution in [1.82, 2.24) is 5.32 Å². The number of halogens is 1. The third-order valence-corrected chi connectivity index (χ3v) is 6.56. The summed E-state index contributed by atoms with van der Waals surface area (Å²) in [6.45, 7) is 1.96. The first-order valence-corrected chi connectivity index (χ1v) is 12.1. The largest absolute Gasteiger partial charge is 0.493 e. The van der Waals surface area contributed by atoms with Gasteiger partial charge in [-0.1, -0.05) is 18.2 Å². The summed E-state index contributed by atoms with van der Waals surface area (Å²) in [5.74, 6) is 1.05. The van der Waals surface area contributed by atoms with Crippen molar-refractivity contribution in [1.29, 1.82) is 0 Å². The van der Waals surface area contributed by atoms with Gasteiger partial charge < -0.3 is 24.8 Å². The number of aryl methyl sites for hydroxylation is 1. The molecule has 1 atom stereocenters. The van der Waals surface area contributed by atoms with Gasteiger partial charge >= 0.3 is 0 Å². The fourth-order valence-electron chi connectivity index (χ4n) is 4.85. The lowest BCUT2D eigenvalue weighted by Gasteiger charge is -2.19. The molecule has 3 aromatic rings. The van der Waals surface area contributed by atoms with Gasteiger partial charge in [-0.25, -0.2) is 4.39 Å². The van der Waals surface area contributed by atoms with Gasteiger partial charge in [-0.2, -0.15) is 0 Å². The molecule has 0 aromatic heterocycles. The highest BCUT2D eigenvalue weighted by Crippen LogP contribution is 2.50. The molecule has 37 heavy (non-hydrogen) atoms. The van der Waals surface area contributed by atoms with E-state index in [0.717, 1.165) is 22.3 Å². The smallest absolute Gasteiger partial charge is 0.217 e. The van der Waals surface area contributed by atoms with Crippen LogP contribution < -0.4 is 30.3 Å². The van der Waals surface area contributed by atoms with E-state index in [2.05, 4.69) is 10.6 Å². The zero-order valence-electron chi connectivity index (χ0n) is 21.4. The Morgan fingerprint density at radius 1 is 1.00 bits per heavy atom. The third kappa shape index (κ3) is 5.53. The predicted octanol–water partition coefficient (Wildman–Crippen LogP) is 4.66. The SMILES string of the molecule is COc1cc2c(c(OC)c1OC)-c1ccc(NCCc3ccc(F)cc3)c(=O)cc1[C@H](NC(C)=O)CC2. The Morgan fingerprint density at radius 2 is 1.73 bits per heavy atom. The van der Waals surface area contributed by atoms with E-state index in [1.54, 1.807) is 45.6 Å². The molecule has 0 bridgehead atoms. The first-order valence-electron chi connectivity index (χ1n) is 12.1. The standard InChI is InChI=1S/C29H31FN2O5/c1-17(33)32-23-11-7-19-15-26(35-2)28(36-3)29(37-4)27(19)21-10-12-24(25(34)16-22(21)23)31-14-13-18-5-8-20(30)9-6-18/h5-6,8-10,12,15-16,23H,7,11,13-14H2,1-4H3,(H,31,34)(H,32,33)/t23-/m1/s1. The number of fused-ring (bicyclic) bond motifs is 3. The van der Waals surface area contributed by atoms with Gasteiger partial charge in [-0.05, 0) is 71.8 Å². The minimum Gasteiger partial charge on any atom is -0.493 e. The van der Waals surface area contributed by atoms with E-state index in [1.165, 1.54) is 19.1 Å². The molecule has 0 aliphatic heterocycles. The monoisotopic (exact) mass is 506 g/mol. The molecule has 0 spiro atoms. The molecule has 0 heterocycles. The quantitative estimate of drug-likeness (QED) is 0.462. The number of hydrogen-bond donors (Lipinski definition) is 2. The van der Waals surface area contributed by atoms with Crippen molar-refractivity contribution in [2.45, 2.75) is 32.2 Å². The van der Waals surface area contributed by atoms with E-state index < -0.39 is 0 Å². The van der Waals surface area contributed by atoms with Crippen LogP contribution in [0.1, 0.15) is 36.1 Å². The Bertz CT molecular complexity index is 1360. The average molecular weight is 507 g/mol. The highest BCUT2D eigenvalue weighted by Gasteiger charge is 2.29. The van der Waals surface area contributed by atoms with Gasteiger partial charge in [0.15, 0.2) is 11.5 Å². The molecule has 8 heteroatoms. The van der Waals surface area contributed by atoms with E-state index in [4.69, 9.17) is 14.2 Å². The van der Waals surface area contributed by atoms with E-state index >= 15 is 0 Å². The van der Waals surface area contributed by atoms with Crippen molar-refractivity contribution in [2.24, 2.45) is 0 Å². The zero-order chi connectivity index (χ0) is 26.5. The van der Waals surface area contributed by atoms with Crippen LogP contribution in [-0.2, 0) is 17.6 Å². The van der Waals surface area contributed by atoms with Crippen molar-refractivity contribution in [3.63, 3.8) is 0 Å². The van der Waals surface area contributed by atoms with Gasteiger partial charge in [0, 0.05) is 19.0 Å². The van der Waals surface area contributed by atoms with Crippen LogP contribution in [0, 0.1) is 5.82 Å². The number of hydrogen-bond acceptors (Lipinski definition) is 6. The summed E-state index contributed by atoms with van der Waals surface area (Å²) in [6.07, 6.45) is 1.85. The van der Waals surface area contributed by atoms with Crippen molar-refractivity contribution >= 4 is 11.6 Å². The van der Waals surface area contributed by atoms with Crippen molar-refractivity contribution in [2.75, 3.05) is 33.2 Å². The highest BCUT2D eigenvalue weighted by atomic mass is 19.1. The summed E-state index contributed by atoms with van der Waals surface area (Å²) in [7, 11) is 4.69. The number of ether oxygens (including phenoxy) is 3. The molecule has 0 unspecified atom stereocenters. The molecular formula is C29H31FN2O5. The summed E-state index contributed by atoms with van der Waals surface area (Å²) >= 11 is 0. The van der Waals surface area contributed by atoms with E-state index in [-0.39, 0.29) is 23.2 Å². The van der Waals surface area contributed by atoms with E-state index in [1.807, 2.05) is 12.1 Å². The maximum atomic E-state index is 13.3. The van der Waals surface area contributed by atoms with Crippen molar-refractivity contribution in [3.8, 4) is 28.4 Å². The van der Waals surface area contributed by atoms with Crippen molar-refractivity contribution in [3.05, 3.63) is 81.3 Å². The van der Waals surface area contributed by atoms with Crippen molar-refractivity contribution < 1.29 is 23.4 Å². The summed E-state index contributed by atoms with van der Waals surface area (Å²) in [4.78, 5) is 25.4. The third-order valence-electron chi connectivity index (χ3n) is 6.56. The van der Waals surface area contributed by atoms with Crippen LogP contribution in [0.5, 0.6) is 17.2 Å². The molecule has 0 radical (unpaired) electrons. The Balaban J connectivity index is 1.81. The van der Waals surface area contributed by atoms with Gasteiger partial charge in [0.25, 0.3) is 0 Å². The second-order valence-corrected chi connectivity index (χ2v) is 8.90. The van der Waals surface area contributed by atoms with Gasteiger partial charge in [-0.15, -0.1) is 0 Å². The number of anilines is 1. The summed E-state index contributed by atoms with van der Waals surface area (Å²) in [5.41, 5.74) is 4.44. The molecule has 1 amide bonds. The van der Waals surface area contributed by atoms with Crippen LogP contribution in [0.2, 0.25) is 0 Å². The van der Waals surface area contributed by atoms with Gasteiger partial charge in [-0.3, -0.25) is 9.59 Å². The normalized spacial score (nSPS) is 14.0. The van der Waals surface area contributed by atoms with E-state index in [9.17, 15) is 14.0 Å². The molecule has 0 fully saturated rings. The van der Waals surface area contributed by atoms with Crippen LogP contribution in [-0.4, -0.2) is 33.8 Å². The summed E-state index contributed by atoms with van der Waals surface area (Å²) in [6, 6.07) is 13.1. The van der Waals surface area contributed by atoms with Crippen LogP contribution >= 0.6 is 0 Å². The number of carbonyl (C=O) groups is 1. The molecule has 0 saturated heterocycles. The first-order chi connectivity index (χ1) is 17.9. The first kappa shape index (κ1) is 26.0. The lowest BCUT2D eigenvalue weighted by Crippen LogP contribution is -2.26. The number of amides is 1. The molecule has 7 nitrogen and oxygen atoms in total. The Morgan fingerprint density at radius 3 is 2.38 bits per heavy atom. The second-order valence-electron chi connectivity index (χ2n) is 8.90. The Hall–Kier alpha value is -4.07. The topological polar surface area (TPSA) is 85.9 Å². The molecular weight excluding hydrogens is 475 g/mol. The zero-order valence-corrected chi connectivity index (χ0v) is 21.4. The fourth-order valence-corrected chi connectivity index (χ4v) is 4.85. The Kier molecular flexibility index (Phi) is 7.96. The summed E-state index contributed by atoms with van der Waals surface area (Å²) < 4.78 is 30.2. The molecule has 1 aliphatic rings. The number of benzene rings is 2. The lowest BCUT2D eigenvalue weighted by molar-refractivity contribution is -0.119. The molecule has 0 saturated carbocycles. The molecule has 1 aliphatic carbocycles. The lowest BCUT2D eigenvalue weighted by atomic mass is 9.95. The van der Waals surface area contributed by atoms with Crippen LogP contribution in [0.3, 0.4) is 0 Å². The molecule has 194 valence electrons. The second kappa shape index (κ2) is 11.3. The number of methoxy groups -OCH3 is 3. The minimum absolute atomic E-state index is 0.180. The Labute approximate surface area is 215 Å². The van der Waals surface area contributed by atoms with Crippen LogP contribution in [0.25, 0.3) is 11.1 Å². The molecule has 3 aromatic carbocycles. The minimum atomic E-state index is -0.367. The van der Waals surface area contributed by atoms with Gasteiger partial charge in [0.05, 0.1) is 33.1 Å².